The summed E-state index contributed by atoms with van der Waals surface area (Å²) < 4.78 is 37.3. The highest BCUT2D eigenvalue weighted by Crippen LogP contribution is 2.39. The molecule has 0 atom stereocenters. The summed E-state index contributed by atoms with van der Waals surface area (Å²) in [6.45, 7) is 0. The molecule has 0 aliphatic carbocycles. The highest BCUT2D eigenvalue weighted by Gasteiger charge is 2.31. The lowest BCUT2D eigenvalue weighted by Gasteiger charge is -2.10. The van der Waals surface area contributed by atoms with Gasteiger partial charge in [-0.1, -0.05) is 17.7 Å². The first-order valence-electron chi connectivity index (χ1n) is 4.59. The number of rotatable bonds is 1. The van der Waals surface area contributed by atoms with E-state index in [-0.39, 0.29) is 5.69 Å². The van der Waals surface area contributed by atoms with Crippen LogP contribution in [0.25, 0.3) is 10.4 Å². The van der Waals surface area contributed by atoms with Crippen LogP contribution in [0, 0.1) is 0 Å². The summed E-state index contributed by atoms with van der Waals surface area (Å²) in [5.74, 6) is 0. The summed E-state index contributed by atoms with van der Waals surface area (Å²) in [5, 5.41) is 2.25. The molecule has 0 fully saturated rings. The van der Waals surface area contributed by atoms with Crippen LogP contribution in [0.2, 0.25) is 5.02 Å². The first-order valence-corrected chi connectivity index (χ1v) is 5.85. The van der Waals surface area contributed by atoms with Gasteiger partial charge in [-0.25, -0.2) is 0 Å². The molecule has 0 unspecified atom stereocenters. The molecule has 1 nitrogen and oxygen atoms in total. The summed E-state index contributed by atoms with van der Waals surface area (Å²) in [4.78, 5) is 0.679. The maximum atomic E-state index is 12.4. The van der Waals surface area contributed by atoms with Gasteiger partial charge in [-0.2, -0.15) is 13.2 Å². The lowest BCUT2D eigenvalue weighted by atomic mass is 10.1. The van der Waals surface area contributed by atoms with E-state index in [0.717, 1.165) is 12.1 Å². The molecule has 17 heavy (non-hydrogen) atoms. The average Bonchev–Trinajstić information content (AvgIpc) is 2.63. The number of nitrogens with two attached hydrogens (primary N) is 1. The van der Waals surface area contributed by atoms with Crippen molar-refractivity contribution in [1.82, 2.24) is 0 Å². The molecule has 0 saturated carbocycles. The maximum Gasteiger partial charge on any atom is 0.416 e. The van der Waals surface area contributed by atoms with Crippen LogP contribution in [0.4, 0.5) is 18.9 Å². The Kier molecular flexibility index (Phi) is 3.05. The van der Waals surface area contributed by atoms with Crippen LogP contribution < -0.4 is 5.73 Å². The molecule has 0 radical (unpaired) electrons. The van der Waals surface area contributed by atoms with Gasteiger partial charge in [0.15, 0.2) is 0 Å². The van der Waals surface area contributed by atoms with E-state index in [0.29, 0.717) is 15.5 Å². The van der Waals surface area contributed by atoms with Crippen LogP contribution in [0.5, 0.6) is 0 Å². The Hall–Kier alpha value is -1.20. The van der Waals surface area contributed by atoms with Crippen LogP contribution in [0.15, 0.2) is 29.6 Å². The van der Waals surface area contributed by atoms with Crippen molar-refractivity contribution in [2.45, 2.75) is 6.18 Å². The minimum atomic E-state index is -4.38. The number of halogens is 4. The Morgan fingerprint density at radius 1 is 1.18 bits per heavy atom. The quantitative estimate of drug-likeness (QED) is 0.753. The van der Waals surface area contributed by atoms with Crippen molar-refractivity contribution >= 4 is 28.6 Å². The fraction of sp³-hybridized carbons (Fsp3) is 0.0909. The van der Waals surface area contributed by atoms with Crippen LogP contribution in [-0.2, 0) is 6.18 Å². The number of thiophene rings is 1. The first-order chi connectivity index (χ1) is 7.89. The van der Waals surface area contributed by atoms with Crippen molar-refractivity contribution in [3.63, 3.8) is 0 Å². The van der Waals surface area contributed by atoms with Crippen LogP contribution in [0.1, 0.15) is 5.56 Å². The second kappa shape index (κ2) is 4.23. The zero-order valence-corrected chi connectivity index (χ0v) is 9.96. The molecule has 6 heteroatoms. The smallest absolute Gasteiger partial charge is 0.398 e. The highest BCUT2D eigenvalue weighted by molar-refractivity contribution is 7.14. The summed E-state index contributed by atoms with van der Waals surface area (Å²) in [6, 6.07) is 4.95. The number of alkyl halides is 3. The Morgan fingerprint density at radius 3 is 2.35 bits per heavy atom. The number of anilines is 1. The zero-order chi connectivity index (χ0) is 12.6. The molecule has 1 aromatic carbocycles. The van der Waals surface area contributed by atoms with E-state index in [1.165, 1.54) is 17.4 Å². The van der Waals surface area contributed by atoms with E-state index >= 15 is 0 Å². The van der Waals surface area contributed by atoms with Crippen molar-refractivity contribution in [2.24, 2.45) is 0 Å². The average molecular weight is 278 g/mol. The fourth-order valence-electron chi connectivity index (χ4n) is 1.43. The number of hydrogen-bond acceptors (Lipinski definition) is 2. The number of hydrogen-bond donors (Lipinski definition) is 1. The van der Waals surface area contributed by atoms with Crippen molar-refractivity contribution in [1.29, 1.82) is 0 Å². The van der Waals surface area contributed by atoms with E-state index in [2.05, 4.69) is 0 Å². The third-order valence-electron chi connectivity index (χ3n) is 2.24. The predicted octanol–water partition coefficient (Wildman–Crippen LogP) is 4.67. The number of benzene rings is 1. The van der Waals surface area contributed by atoms with Gasteiger partial charge in [0.1, 0.15) is 0 Å². The van der Waals surface area contributed by atoms with E-state index in [9.17, 15) is 13.2 Å². The van der Waals surface area contributed by atoms with E-state index in [1.54, 1.807) is 11.4 Å². The molecule has 0 aliphatic heterocycles. The topological polar surface area (TPSA) is 26.0 Å². The van der Waals surface area contributed by atoms with Crippen molar-refractivity contribution in [2.75, 3.05) is 5.73 Å². The van der Waals surface area contributed by atoms with Crippen LogP contribution in [-0.4, -0.2) is 0 Å². The molecule has 1 aromatic heterocycles. The highest BCUT2D eigenvalue weighted by atomic mass is 35.5. The van der Waals surface area contributed by atoms with Gasteiger partial charge < -0.3 is 5.73 Å². The normalized spacial score (nSPS) is 11.8. The van der Waals surface area contributed by atoms with Gasteiger partial charge in [0, 0.05) is 11.3 Å². The van der Waals surface area contributed by atoms with Gasteiger partial charge >= 0.3 is 6.18 Å². The van der Waals surface area contributed by atoms with Gasteiger partial charge in [-0.15, -0.1) is 11.3 Å². The number of nitrogen functional groups attached to an aromatic ring is 1. The van der Waals surface area contributed by atoms with Crippen LogP contribution >= 0.6 is 22.9 Å². The van der Waals surface area contributed by atoms with E-state index in [4.69, 9.17) is 17.3 Å². The first kappa shape index (κ1) is 12.3. The molecule has 2 N–H and O–H groups in total. The summed E-state index contributed by atoms with van der Waals surface area (Å²) in [5.41, 5.74) is 5.47. The lowest BCUT2D eigenvalue weighted by molar-refractivity contribution is -0.137. The van der Waals surface area contributed by atoms with Gasteiger partial charge in [0.05, 0.1) is 15.5 Å². The van der Waals surface area contributed by atoms with Crippen molar-refractivity contribution in [3.05, 3.63) is 40.2 Å². The second-order valence-electron chi connectivity index (χ2n) is 3.40. The van der Waals surface area contributed by atoms with Crippen molar-refractivity contribution in [3.8, 4) is 10.4 Å². The predicted molar refractivity (Wildman–Crippen MR) is 64.2 cm³/mol. The summed E-state index contributed by atoms with van der Waals surface area (Å²) in [7, 11) is 0. The maximum absolute atomic E-state index is 12.4. The van der Waals surface area contributed by atoms with Gasteiger partial charge in [0.25, 0.3) is 0 Å². The molecule has 0 bridgehead atoms. The van der Waals surface area contributed by atoms with Crippen molar-refractivity contribution < 1.29 is 13.2 Å². The summed E-state index contributed by atoms with van der Waals surface area (Å²) in [6.07, 6.45) is -4.38. The molecule has 0 spiro atoms. The molecule has 0 amide bonds. The van der Waals surface area contributed by atoms with Gasteiger partial charge in [-0.3, -0.25) is 0 Å². The Bertz CT molecular complexity index is 548. The van der Waals surface area contributed by atoms with Gasteiger partial charge in [-0.05, 0) is 23.6 Å². The largest absolute Gasteiger partial charge is 0.416 e. The second-order valence-corrected chi connectivity index (χ2v) is 4.72. The fourth-order valence-corrected chi connectivity index (χ4v) is 2.64. The lowest BCUT2D eigenvalue weighted by Crippen LogP contribution is -2.05. The molecular weight excluding hydrogens is 271 g/mol. The zero-order valence-electron chi connectivity index (χ0n) is 8.38. The molecule has 1 heterocycles. The molecule has 2 aromatic rings. The van der Waals surface area contributed by atoms with E-state index < -0.39 is 11.7 Å². The monoisotopic (exact) mass is 277 g/mol. The molecule has 0 aliphatic rings. The third-order valence-corrected chi connectivity index (χ3v) is 3.62. The Morgan fingerprint density at radius 2 is 1.88 bits per heavy atom. The minimum Gasteiger partial charge on any atom is -0.398 e. The standard InChI is InChI=1S/C11H7ClF3NS/c12-8-3-4-17-10(8)7-2-1-6(5-9(7)16)11(13,14)15/h1-5H,16H2. The SMILES string of the molecule is Nc1cc(C(F)(F)F)ccc1-c1sccc1Cl. The summed E-state index contributed by atoms with van der Waals surface area (Å²) >= 11 is 7.25. The molecule has 2 rings (SSSR count). The molecular formula is C11H7ClF3NS. The van der Waals surface area contributed by atoms with E-state index in [1.807, 2.05) is 0 Å². The van der Waals surface area contributed by atoms with Gasteiger partial charge in [0.2, 0.25) is 0 Å². The third kappa shape index (κ3) is 2.40. The Labute approximate surface area is 105 Å². The Balaban J connectivity index is 2.50. The molecule has 0 saturated heterocycles. The molecule has 90 valence electrons. The minimum absolute atomic E-state index is 0.0733. The van der Waals surface area contributed by atoms with Crippen LogP contribution in [0.3, 0.4) is 0 Å².